The maximum atomic E-state index is 12.2. The monoisotopic (exact) mass is 227 g/mol. The third-order valence-corrected chi connectivity index (χ3v) is 2.24. The zero-order chi connectivity index (χ0) is 12.1. The Morgan fingerprint density at radius 2 is 1.94 bits per heavy atom. The van der Waals surface area contributed by atoms with Crippen LogP contribution in [0.3, 0.4) is 0 Å². The first-order valence-corrected chi connectivity index (χ1v) is 4.67. The molecule has 0 unspecified atom stereocenters. The van der Waals surface area contributed by atoms with Crippen LogP contribution in [0, 0.1) is 0 Å². The number of benzene rings is 1. The molecular formula is C10H14FN3O2. The van der Waals surface area contributed by atoms with Gasteiger partial charge in [0.15, 0.2) is 5.84 Å². The average molecular weight is 227 g/mol. The van der Waals surface area contributed by atoms with E-state index in [4.69, 9.17) is 16.7 Å². The maximum Gasteiger partial charge on any atom is 0.170 e. The zero-order valence-corrected chi connectivity index (χ0v) is 8.55. The van der Waals surface area contributed by atoms with E-state index in [0.717, 1.165) is 0 Å². The van der Waals surface area contributed by atoms with Gasteiger partial charge in [0.1, 0.15) is 6.67 Å². The van der Waals surface area contributed by atoms with Crippen molar-refractivity contribution in [3.8, 4) is 0 Å². The van der Waals surface area contributed by atoms with Crippen LogP contribution in [0.4, 0.5) is 4.39 Å². The molecule has 0 aliphatic rings. The SMILES string of the molecule is NC(=NO)c1ccc([C@@H](O)[C@H](N)CF)cc1. The molecule has 2 atom stereocenters. The highest BCUT2D eigenvalue weighted by Crippen LogP contribution is 2.16. The number of hydrogen-bond donors (Lipinski definition) is 4. The number of nitrogens with zero attached hydrogens (tertiary/aromatic N) is 1. The van der Waals surface area contributed by atoms with Crippen LogP contribution in [-0.4, -0.2) is 28.9 Å². The molecule has 5 nitrogen and oxygen atoms in total. The highest BCUT2D eigenvalue weighted by Gasteiger charge is 2.16. The van der Waals surface area contributed by atoms with Crippen molar-refractivity contribution in [1.82, 2.24) is 0 Å². The molecule has 0 heterocycles. The van der Waals surface area contributed by atoms with E-state index in [1.165, 1.54) is 0 Å². The Labute approximate surface area is 92.2 Å². The molecule has 16 heavy (non-hydrogen) atoms. The number of hydrogen-bond acceptors (Lipinski definition) is 4. The van der Waals surface area contributed by atoms with Crippen molar-refractivity contribution in [2.24, 2.45) is 16.6 Å². The van der Waals surface area contributed by atoms with Gasteiger partial charge >= 0.3 is 0 Å². The summed E-state index contributed by atoms with van der Waals surface area (Å²) in [7, 11) is 0. The second-order valence-corrected chi connectivity index (χ2v) is 3.37. The van der Waals surface area contributed by atoms with Gasteiger partial charge in [0.2, 0.25) is 0 Å². The first kappa shape index (κ1) is 12.4. The topological polar surface area (TPSA) is 105 Å². The van der Waals surface area contributed by atoms with Crippen LogP contribution in [0.25, 0.3) is 0 Å². The molecule has 0 spiro atoms. The van der Waals surface area contributed by atoms with E-state index < -0.39 is 18.8 Å². The second-order valence-electron chi connectivity index (χ2n) is 3.37. The van der Waals surface area contributed by atoms with Gasteiger partial charge in [-0.15, -0.1) is 0 Å². The van der Waals surface area contributed by atoms with Crippen LogP contribution in [-0.2, 0) is 0 Å². The molecule has 0 aliphatic carbocycles. The molecule has 0 fully saturated rings. The fourth-order valence-electron chi connectivity index (χ4n) is 1.24. The van der Waals surface area contributed by atoms with Crippen molar-refractivity contribution < 1.29 is 14.7 Å². The van der Waals surface area contributed by atoms with E-state index in [1.807, 2.05) is 0 Å². The number of aliphatic hydroxyl groups is 1. The lowest BCUT2D eigenvalue weighted by Gasteiger charge is -2.16. The molecule has 0 aliphatic heterocycles. The number of alkyl halides is 1. The summed E-state index contributed by atoms with van der Waals surface area (Å²) in [6.45, 7) is -0.802. The van der Waals surface area contributed by atoms with Crippen molar-refractivity contribution in [3.05, 3.63) is 35.4 Å². The van der Waals surface area contributed by atoms with E-state index in [1.54, 1.807) is 24.3 Å². The standard InChI is InChI=1S/C10H14FN3O2/c11-5-8(12)9(15)6-1-3-7(4-2-6)10(13)14-16/h1-4,8-9,15-16H,5,12H2,(H2,13,14)/t8-,9-/m1/s1. The molecule has 6 heteroatoms. The molecule has 0 amide bonds. The lowest BCUT2D eigenvalue weighted by atomic mass is 10.0. The average Bonchev–Trinajstić information content (AvgIpc) is 2.36. The van der Waals surface area contributed by atoms with Gasteiger partial charge in [-0.05, 0) is 5.56 Å². The smallest absolute Gasteiger partial charge is 0.170 e. The third kappa shape index (κ3) is 2.68. The minimum Gasteiger partial charge on any atom is -0.409 e. The normalized spacial score (nSPS) is 15.8. The number of oxime groups is 1. The van der Waals surface area contributed by atoms with Gasteiger partial charge in [-0.2, -0.15) is 0 Å². The first-order valence-electron chi connectivity index (χ1n) is 4.67. The number of rotatable bonds is 4. The summed E-state index contributed by atoms with van der Waals surface area (Å²) in [5, 5.41) is 20.9. The van der Waals surface area contributed by atoms with Gasteiger partial charge < -0.3 is 21.8 Å². The summed E-state index contributed by atoms with van der Waals surface area (Å²) >= 11 is 0. The molecule has 6 N–H and O–H groups in total. The Balaban J connectivity index is 2.86. The second kappa shape index (κ2) is 5.43. The lowest BCUT2D eigenvalue weighted by Crippen LogP contribution is -2.30. The minimum atomic E-state index is -1.06. The first-order chi connectivity index (χ1) is 7.60. The van der Waals surface area contributed by atoms with Gasteiger partial charge in [0, 0.05) is 5.56 Å². The highest BCUT2D eigenvalue weighted by molar-refractivity contribution is 5.96. The molecule has 0 saturated heterocycles. The van der Waals surface area contributed by atoms with Crippen LogP contribution in [0.5, 0.6) is 0 Å². The Bertz CT molecular complexity index is 367. The predicted octanol–water partition coefficient (Wildman–Crippen LogP) is 0.111. The quantitative estimate of drug-likeness (QED) is 0.253. The van der Waals surface area contributed by atoms with E-state index >= 15 is 0 Å². The Morgan fingerprint density at radius 3 is 2.38 bits per heavy atom. The van der Waals surface area contributed by atoms with E-state index in [9.17, 15) is 9.50 Å². The Kier molecular flexibility index (Phi) is 4.21. The molecule has 88 valence electrons. The molecule has 0 radical (unpaired) electrons. The van der Waals surface area contributed by atoms with Gasteiger partial charge in [-0.3, -0.25) is 0 Å². The van der Waals surface area contributed by atoms with Gasteiger partial charge in [0.25, 0.3) is 0 Å². The van der Waals surface area contributed by atoms with Crippen molar-refractivity contribution >= 4 is 5.84 Å². The highest BCUT2D eigenvalue weighted by atomic mass is 19.1. The van der Waals surface area contributed by atoms with Crippen molar-refractivity contribution in [2.75, 3.05) is 6.67 Å². The van der Waals surface area contributed by atoms with E-state index in [2.05, 4.69) is 5.16 Å². The molecule has 0 bridgehead atoms. The fourth-order valence-corrected chi connectivity index (χ4v) is 1.24. The summed E-state index contributed by atoms with van der Waals surface area (Å²) in [5.41, 5.74) is 11.7. The maximum absolute atomic E-state index is 12.2. The van der Waals surface area contributed by atoms with Gasteiger partial charge in [-0.25, -0.2) is 4.39 Å². The van der Waals surface area contributed by atoms with Crippen molar-refractivity contribution in [3.63, 3.8) is 0 Å². The largest absolute Gasteiger partial charge is 0.409 e. The molecule has 1 aromatic rings. The number of amidine groups is 1. The summed E-state index contributed by atoms with van der Waals surface area (Å²) in [6, 6.07) is 5.26. The zero-order valence-electron chi connectivity index (χ0n) is 8.55. The lowest BCUT2D eigenvalue weighted by molar-refractivity contribution is 0.132. The number of aliphatic hydroxyl groups excluding tert-OH is 1. The van der Waals surface area contributed by atoms with Crippen LogP contribution in [0.1, 0.15) is 17.2 Å². The minimum absolute atomic E-state index is 0.0316. The Hall–Kier alpha value is -1.66. The van der Waals surface area contributed by atoms with E-state index in [-0.39, 0.29) is 5.84 Å². The number of nitrogens with two attached hydrogens (primary N) is 2. The number of halogens is 1. The molecule has 0 saturated carbocycles. The summed E-state index contributed by atoms with van der Waals surface area (Å²) in [4.78, 5) is 0. The van der Waals surface area contributed by atoms with Crippen LogP contribution >= 0.6 is 0 Å². The van der Waals surface area contributed by atoms with E-state index in [0.29, 0.717) is 11.1 Å². The summed E-state index contributed by atoms with van der Waals surface area (Å²) < 4.78 is 12.2. The molecule has 1 aromatic carbocycles. The fraction of sp³-hybridized carbons (Fsp3) is 0.300. The predicted molar refractivity (Wildman–Crippen MR) is 57.9 cm³/mol. The Morgan fingerprint density at radius 1 is 1.38 bits per heavy atom. The molecular weight excluding hydrogens is 213 g/mol. The summed E-state index contributed by atoms with van der Waals surface area (Å²) in [5.74, 6) is -0.0316. The summed E-state index contributed by atoms with van der Waals surface area (Å²) in [6.07, 6.45) is -1.06. The van der Waals surface area contributed by atoms with Gasteiger partial charge in [0.05, 0.1) is 12.1 Å². The van der Waals surface area contributed by atoms with Crippen molar-refractivity contribution in [1.29, 1.82) is 0 Å². The molecule has 1 rings (SSSR count). The van der Waals surface area contributed by atoms with Crippen LogP contribution in [0.15, 0.2) is 29.4 Å². The molecule has 0 aromatic heterocycles. The van der Waals surface area contributed by atoms with Crippen LogP contribution in [0.2, 0.25) is 0 Å². The third-order valence-electron chi connectivity index (χ3n) is 2.24. The van der Waals surface area contributed by atoms with Crippen molar-refractivity contribution in [2.45, 2.75) is 12.1 Å². The van der Waals surface area contributed by atoms with Gasteiger partial charge in [-0.1, -0.05) is 29.4 Å². The van der Waals surface area contributed by atoms with Crippen LogP contribution < -0.4 is 11.5 Å².